The Morgan fingerprint density at radius 3 is 2.34 bits per heavy atom. The zero-order chi connectivity index (χ0) is 28.8. The zero-order valence-corrected chi connectivity index (χ0v) is 23.8. The fraction of sp³-hybridized carbons (Fsp3) is 0.300. The molecule has 3 aromatic carbocycles. The maximum Gasteiger partial charge on any atom is 0.241 e. The van der Waals surface area contributed by atoms with Crippen molar-refractivity contribution in [1.82, 2.24) is 15.0 Å². The van der Waals surface area contributed by atoms with Gasteiger partial charge in [0.1, 0.15) is 0 Å². The quantitative estimate of drug-likeness (QED) is 0.240. The number of halogens is 1. The van der Waals surface area contributed by atoms with E-state index in [2.05, 4.69) is 20.4 Å². The third-order valence-corrected chi connectivity index (χ3v) is 7.15. The van der Waals surface area contributed by atoms with Gasteiger partial charge >= 0.3 is 0 Å². The smallest absolute Gasteiger partial charge is 0.241 e. The highest BCUT2D eigenvalue weighted by Crippen LogP contribution is 2.37. The first-order valence-electron chi connectivity index (χ1n) is 13.2. The molecule has 1 fully saturated rings. The minimum absolute atomic E-state index is 0.0784. The first-order valence-corrected chi connectivity index (χ1v) is 13.5. The van der Waals surface area contributed by atoms with Gasteiger partial charge < -0.3 is 28.8 Å². The average Bonchev–Trinajstić information content (AvgIpc) is 3.47. The summed E-state index contributed by atoms with van der Waals surface area (Å²) in [4.78, 5) is 20.0. The summed E-state index contributed by atoms with van der Waals surface area (Å²) in [6.07, 6.45) is 1.37. The first kappa shape index (κ1) is 28.3. The summed E-state index contributed by atoms with van der Waals surface area (Å²) in [6.45, 7) is 1.93. The molecular weight excluding hydrogens is 548 g/mol. The van der Waals surface area contributed by atoms with Gasteiger partial charge in [-0.3, -0.25) is 9.69 Å². The molecule has 0 spiro atoms. The molecule has 0 radical (unpaired) electrons. The molecule has 0 unspecified atom stereocenters. The van der Waals surface area contributed by atoms with E-state index in [9.17, 15) is 4.79 Å². The Hall–Kier alpha value is -4.28. The van der Waals surface area contributed by atoms with Crippen molar-refractivity contribution in [2.75, 3.05) is 39.7 Å². The minimum Gasteiger partial charge on any atom is -0.493 e. The molecule has 10 nitrogen and oxygen atoms in total. The Balaban J connectivity index is 1.18. The number of hydrogen-bond donors (Lipinski definition) is 1. The van der Waals surface area contributed by atoms with E-state index in [4.69, 9.17) is 35.1 Å². The number of rotatable bonds is 10. The summed E-state index contributed by atoms with van der Waals surface area (Å²) in [6, 6.07) is 17.9. The summed E-state index contributed by atoms with van der Waals surface area (Å²) in [5, 5.41) is 7.63. The topological polar surface area (TPSA) is 108 Å². The van der Waals surface area contributed by atoms with Gasteiger partial charge in [0.25, 0.3) is 0 Å². The van der Waals surface area contributed by atoms with Gasteiger partial charge in [-0.05, 0) is 74.5 Å². The summed E-state index contributed by atoms with van der Waals surface area (Å²) in [7, 11) is 4.75. The number of nitrogens with one attached hydrogen (secondary N) is 1. The molecule has 1 aromatic heterocycles. The number of methoxy groups -OCH3 is 3. The summed E-state index contributed by atoms with van der Waals surface area (Å²) in [5.74, 6) is 3.57. The molecule has 41 heavy (non-hydrogen) atoms. The van der Waals surface area contributed by atoms with Crippen molar-refractivity contribution >= 4 is 23.2 Å². The maximum absolute atomic E-state index is 13.2. The number of anilines is 1. The van der Waals surface area contributed by atoms with E-state index < -0.39 is 0 Å². The second-order valence-electron chi connectivity index (χ2n) is 9.51. The molecule has 1 N–H and O–H groups in total. The highest BCUT2D eigenvalue weighted by atomic mass is 35.5. The predicted octanol–water partition coefficient (Wildman–Crippen LogP) is 6.06. The van der Waals surface area contributed by atoms with E-state index in [0.29, 0.717) is 83.6 Å². The zero-order valence-electron chi connectivity index (χ0n) is 23.1. The van der Waals surface area contributed by atoms with Crippen LogP contribution in [-0.4, -0.2) is 55.4 Å². The number of hydrogen-bond acceptors (Lipinski definition) is 9. The number of carbonyl (C=O) groups excluding carboxylic acids is 1. The number of piperidine rings is 1. The Bertz CT molecular complexity index is 1500. The van der Waals surface area contributed by atoms with E-state index in [-0.39, 0.29) is 11.8 Å². The molecule has 2 heterocycles. The third kappa shape index (κ3) is 6.72. The Morgan fingerprint density at radius 2 is 1.61 bits per heavy atom. The van der Waals surface area contributed by atoms with Crippen LogP contribution in [0.2, 0.25) is 5.02 Å². The van der Waals surface area contributed by atoms with Crippen LogP contribution in [0.1, 0.15) is 18.7 Å². The lowest BCUT2D eigenvalue weighted by Gasteiger charge is -2.30. The lowest BCUT2D eigenvalue weighted by Crippen LogP contribution is -2.37. The fourth-order valence-corrected chi connectivity index (χ4v) is 4.87. The fourth-order valence-electron chi connectivity index (χ4n) is 4.70. The number of amides is 1. The first-order chi connectivity index (χ1) is 20.0. The highest BCUT2D eigenvalue weighted by Gasteiger charge is 2.27. The average molecular weight is 579 g/mol. The maximum atomic E-state index is 13.2. The van der Waals surface area contributed by atoms with Crippen LogP contribution in [-0.2, 0) is 11.3 Å². The SMILES string of the molecule is COc1ccc(-c2noc(CN3CCC(C(=O)Nc4cc(Cl)ccc4Oc4ccccc4OC)CC3)n2)cc1OC. The number of aromatic nitrogens is 2. The van der Waals surface area contributed by atoms with Gasteiger partial charge in [0.15, 0.2) is 28.7 Å². The monoisotopic (exact) mass is 578 g/mol. The second-order valence-corrected chi connectivity index (χ2v) is 9.95. The number of carbonyl (C=O) groups is 1. The minimum atomic E-state index is -0.158. The van der Waals surface area contributed by atoms with E-state index in [1.165, 1.54) is 0 Å². The van der Waals surface area contributed by atoms with Gasteiger partial charge in [-0.15, -0.1) is 0 Å². The summed E-state index contributed by atoms with van der Waals surface area (Å²) in [5.41, 5.74) is 1.27. The molecule has 214 valence electrons. The normalized spacial score (nSPS) is 14.0. The van der Waals surface area contributed by atoms with Crippen molar-refractivity contribution in [3.05, 3.63) is 71.6 Å². The second kappa shape index (κ2) is 12.9. The highest BCUT2D eigenvalue weighted by molar-refractivity contribution is 6.31. The van der Waals surface area contributed by atoms with Crippen LogP contribution in [0.3, 0.4) is 0 Å². The largest absolute Gasteiger partial charge is 0.493 e. The molecule has 0 atom stereocenters. The van der Waals surface area contributed by atoms with E-state index >= 15 is 0 Å². The molecule has 1 amide bonds. The van der Waals surface area contributed by atoms with Gasteiger partial charge in [0.05, 0.1) is 33.6 Å². The Labute approximate surface area is 243 Å². The van der Waals surface area contributed by atoms with Gasteiger partial charge in [0.2, 0.25) is 17.6 Å². The molecule has 5 rings (SSSR count). The van der Waals surface area contributed by atoms with E-state index in [1.807, 2.05) is 30.3 Å². The molecule has 1 aliphatic rings. The summed E-state index contributed by atoms with van der Waals surface area (Å²) < 4.78 is 27.6. The molecule has 1 aliphatic heterocycles. The molecule has 0 saturated carbocycles. The molecule has 11 heteroatoms. The number of nitrogens with zero attached hydrogens (tertiary/aromatic N) is 3. The lowest BCUT2D eigenvalue weighted by atomic mass is 9.96. The number of benzene rings is 3. The molecule has 1 saturated heterocycles. The van der Waals surface area contributed by atoms with Gasteiger partial charge in [0, 0.05) is 16.5 Å². The van der Waals surface area contributed by atoms with Crippen LogP contribution in [0.25, 0.3) is 11.4 Å². The van der Waals surface area contributed by atoms with E-state index in [0.717, 1.165) is 5.56 Å². The molecule has 0 bridgehead atoms. The van der Waals surface area contributed by atoms with E-state index in [1.54, 1.807) is 51.7 Å². The summed E-state index contributed by atoms with van der Waals surface area (Å²) >= 11 is 6.24. The van der Waals surface area contributed by atoms with Gasteiger partial charge in [-0.1, -0.05) is 28.9 Å². The van der Waals surface area contributed by atoms with Crippen LogP contribution >= 0.6 is 11.6 Å². The number of ether oxygens (including phenoxy) is 4. The van der Waals surface area contributed by atoms with Crippen molar-refractivity contribution in [1.29, 1.82) is 0 Å². The number of para-hydroxylation sites is 2. The predicted molar refractivity (Wildman–Crippen MR) is 154 cm³/mol. The lowest BCUT2D eigenvalue weighted by molar-refractivity contribution is -0.121. The van der Waals surface area contributed by atoms with Crippen LogP contribution in [0.4, 0.5) is 5.69 Å². The standard InChI is InChI=1S/C30H31ClN4O6/c1-37-24-6-4-5-7-26(24)40-23-11-9-21(31)17-22(23)32-30(36)19-12-14-35(15-13-19)18-28-33-29(34-41-28)20-8-10-25(38-2)27(16-20)39-3/h4-11,16-17,19H,12-15,18H2,1-3H3,(H,32,36). The van der Waals surface area contributed by atoms with Crippen molar-refractivity contribution < 1.29 is 28.3 Å². The molecular formula is C30H31ClN4O6. The van der Waals surface area contributed by atoms with Crippen molar-refractivity contribution in [2.45, 2.75) is 19.4 Å². The van der Waals surface area contributed by atoms with Crippen LogP contribution in [0.15, 0.2) is 65.2 Å². The number of likely N-dealkylation sites (tertiary alicyclic amines) is 1. The van der Waals surface area contributed by atoms with Crippen LogP contribution in [0.5, 0.6) is 28.7 Å². The molecule has 0 aliphatic carbocycles. The van der Waals surface area contributed by atoms with Crippen molar-refractivity contribution in [2.24, 2.45) is 5.92 Å². The van der Waals surface area contributed by atoms with Crippen LogP contribution in [0, 0.1) is 5.92 Å². The van der Waals surface area contributed by atoms with Gasteiger partial charge in [-0.25, -0.2) is 0 Å². The van der Waals surface area contributed by atoms with Gasteiger partial charge in [-0.2, -0.15) is 4.98 Å². The Morgan fingerprint density at radius 1 is 0.927 bits per heavy atom. The van der Waals surface area contributed by atoms with Crippen LogP contribution < -0.4 is 24.3 Å². The third-order valence-electron chi connectivity index (χ3n) is 6.92. The Kier molecular flexibility index (Phi) is 8.91. The van der Waals surface area contributed by atoms with Crippen molar-refractivity contribution in [3.8, 4) is 40.1 Å². The van der Waals surface area contributed by atoms with Crippen molar-refractivity contribution in [3.63, 3.8) is 0 Å². The molecule has 4 aromatic rings.